The van der Waals surface area contributed by atoms with Crippen LogP contribution in [0.15, 0.2) is 0 Å². The topological polar surface area (TPSA) is 52.6 Å². The summed E-state index contributed by atoms with van der Waals surface area (Å²) in [4.78, 5) is 26.4. The molecule has 4 rings (SSSR count). The largest absolute Gasteiger partial charge is 0.453 e. The molecule has 4 unspecified atom stereocenters. The molecule has 2 saturated carbocycles. The van der Waals surface area contributed by atoms with Crippen molar-refractivity contribution in [3.05, 3.63) is 0 Å². The Morgan fingerprint density at radius 3 is 2.33 bits per heavy atom. The van der Waals surface area contributed by atoms with Crippen molar-refractivity contribution in [2.75, 3.05) is 5.33 Å². The van der Waals surface area contributed by atoms with Gasteiger partial charge in [0.2, 0.25) is 0 Å². The molecule has 0 aromatic heterocycles. The van der Waals surface area contributed by atoms with Crippen LogP contribution in [0.2, 0.25) is 0 Å². The summed E-state index contributed by atoms with van der Waals surface area (Å²) in [6.07, 6.45) is 0.991. The third-order valence-electron chi connectivity index (χ3n) is 7.62. The third-order valence-corrected chi connectivity index (χ3v) is 8.74. The molecule has 134 valence electrons. The molecule has 24 heavy (non-hydrogen) atoms. The maximum atomic E-state index is 13.6. The molecule has 2 aliphatic carbocycles. The van der Waals surface area contributed by atoms with Crippen molar-refractivity contribution in [1.29, 1.82) is 0 Å². The van der Waals surface area contributed by atoms with E-state index in [-0.39, 0.29) is 23.1 Å². The van der Waals surface area contributed by atoms with Gasteiger partial charge in [-0.05, 0) is 38.0 Å². The summed E-state index contributed by atoms with van der Waals surface area (Å²) in [7, 11) is 0. The minimum absolute atomic E-state index is 0.0356. The molecule has 2 saturated heterocycles. The number of carbonyl (C=O) groups is 2. The Morgan fingerprint density at radius 1 is 1.17 bits per heavy atom. The Labute approximate surface area is 152 Å². The highest BCUT2D eigenvalue weighted by molar-refractivity contribution is 9.09. The molecular weight excluding hydrogens is 372 g/mol. The lowest BCUT2D eigenvalue weighted by Gasteiger charge is -2.47. The molecule has 0 N–H and O–H groups in total. The minimum Gasteiger partial charge on any atom is -0.453 e. The second kappa shape index (κ2) is 4.28. The molecule has 0 aromatic rings. The molecule has 1 spiro atoms. The van der Waals surface area contributed by atoms with E-state index in [2.05, 4.69) is 50.5 Å². The Kier molecular flexibility index (Phi) is 3.03. The number of ether oxygens (including phenoxy) is 2. The van der Waals surface area contributed by atoms with Crippen molar-refractivity contribution in [1.82, 2.24) is 0 Å². The first-order valence-electron chi connectivity index (χ1n) is 8.88. The second-order valence-electron chi connectivity index (χ2n) is 10.0. The summed E-state index contributed by atoms with van der Waals surface area (Å²) in [5, 5.41) is 0.581. The van der Waals surface area contributed by atoms with Gasteiger partial charge in [0.1, 0.15) is 0 Å². The number of ketones is 1. The number of hydrogen-bond donors (Lipinski definition) is 0. The van der Waals surface area contributed by atoms with E-state index in [1.54, 1.807) is 0 Å². The summed E-state index contributed by atoms with van der Waals surface area (Å²) in [5.41, 5.74) is -2.49. The highest BCUT2D eigenvalue weighted by Gasteiger charge is 2.89. The van der Waals surface area contributed by atoms with E-state index in [4.69, 9.17) is 9.47 Å². The molecule has 2 heterocycles. The average Bonchev–Trinajstić information content (AvgIpc) is 3.05. The van der Waals surface area contributed by atoms with Gasteiger partial charge in [0.25, 0.3) is 0 Å². The second-order valence-corrected chi connectivity index (χ2v) is 10.6. The number of esters is 1. The summed E-state index contributed by atoms with van der Waals surface area (Å²) in [6.45, 7) is 12.4. The van der Waals surface area contributed by atoms with Gasteiger partial charge >= 0.3 is 5.97 Å². The van der Waals surface area contributed by atoms with Gasteiger partial charge in [0.05, 0.1) is 27.9 Å². The van der Waals surface area contributed by atoms with Crippen LogP contribution in [0.25, 0.3) is 0 Å². The van der Waals surface area contributed by atoms with Crippen LogP contribution in [0.5, 0.6) is 0 Å². The molecule has 4 nitrogen and oxygen atoms in total. The Balaban J connectivity index is 1.93. The standard InChI is InChI=1S/C19H27BrO4/c1-15(2,3)12-11(21)13-18(6)17(5,24-16(12,4)9-20)7-10-8-19(10,18)14(22)23-13/h10,12-13H,7-9H2,1-6H3/t10-,12?,13?,16+,17?,18?,19+/m0/s1. The van der Waals surface area contributed by atoms with Crippen molar-refractivity contribution in [3.63, 3.8) is 0 Å². The number of carbonyl (C=O) groups excluding carboxylic acids is 2. The van der Waals surface area contributed by atoms with Crippen LogP contribution in [0.4, 0.5) is 0 Å². The van der Waals surface area contributed by atoms with Crippen LogP contribution in [-0.2, 0) is 19.1 Å². The quantitative estimate of drug-likeness (QED) is 0.500. The maximum Gasteiger partial charge on any atom is 0.313 e. The van der Waals surface area contributed by atoms with Gasteiger partial charge in [-0.25, -0.2) is 0 Å². The van der Waals surface area contributed by atoms with Crippen LogP contribution < -0.4 is 0 Å². The molecule has 0 amide bonds. The van der Waals surface area contributed by atoms with E-state index in [0.29, 0.717) is 11.2 Å². The maximum absolute atomic E-state index is 13.6. The predicted molar refractivity (Wildman–Crippen MR) is 92.8 cm³/mol. The number of hydrogen-bond acceptors (Lipinski definition) is 4. The van der Waals surface area contributed by atoms with Crippen LogP contribution in [0.1, 0.15) is 54.4 Å². The zero-order chi connectivity index (χ0) is 17.9. The van der Waals surface area contributed by atoms with Gasteiger partial charge in [0, 0.05) is 5.33 Å². The number of halogens is 1. The fraction of sp³-hybridized carbons (Fsp3) is 0.895. The van der Waals surface area contributed by atoms with Gasteiger partial charge in [-0.3, -0.25) is 9.59 Å². The lowest BCUT2D eigenvalue weighted by Crippen LogP contribution is -2.54. The SMILES string of the molecule is CC(C)(C)C1C(=O)C2OC(=O)[C@@]34C[C@@H]3CC(C)(O[C@]1(C)CBr)C24C. The van der Waals surface area contributed by atoms with Gasteiger partial charge in [-0.1, -0.05) is 43.6 Å². The summed E-state index contributed by atoms with van der Waals surface area (Å²) < 4.78 is 12.6. The fourth-order valence-electron chi connectivity index (χ4n) is 6.63. The van der Waals surface area contributed by atoms with E-state index in [1.165, 1.54) is 0 Å². The number of alkyl halides is 1. The number of Topliss-reactive ketones (excluding diaryl/α,β-unsaturated/α-hetero) is 1. The first-order chi connectivity index (χ1) is 10.9. The smallest absolute Gasteiger partial charge is 0.313 e. The Bertz CT molecular complexity index is 654. The summed E-state index contributed by atoms with van der Waals surface area (Å²) >= 11 is 3.61. The molecule has 2 aliphatic heterocycles. The van der Waals surface area contributed by atoms with Gasteiger partial charge in [-0.2, -0.15) is 0 Å². The van der Waals surface area contributed by atoms with Crippen LogP contribution in [0, 0.1) is 28.1 Å². The molecule has 0 aromatic carbocycles. The zero-order valence-corrected chi connectivity index (χ0v) is 17.0. The molecular formula is C19H27BrO4. The van der Waals surface area contributed by atoms with E-state index in [1.807, 2.05) is 6.92 Å². The first kappa shape index (κ1) is 17.0. The van der Waals surface area contributed by atoms with Crippen molar-refractivity contribution < 1.29 is 19.1 Å². The number of rotatable bonds is 1. The van der Waals surface area contributed by atoms with Crippen molar-refractivity contribution in [2.24, 2.45) is 28.1 Å². The monoisotopic (exact) mass is 398 g/mol. The van der Waals surface area contributed by atoms with Crippen LogP contribution in [0.3, 0.4) is 0 Å². The van der Waals surface area contributed by atoms with Gasteiger partial charge in [0.15, 0.2) is 11.9 Å². The highest BCUT2D eigenvalue weighted by Crippen LogP contribution is 2.81. The molecule has 4 aliphatic rings. The summed E-state index contributed by atoms with van der Waals surface area (Å²) in [6, 6.07) is 0. The minimum atomic E-state index is -0.687. The van der Waals surface area contributed by atoms with Crippen molar-refractivity contribution in [2.45, 2.75) is 71.7 Å². The van der Waals surface area contributed by atoms with Crippen LogP contribution >= 0.6 is 15.9 Å². The summed E-state index contributed by atoms with van der Waals surface area (Å²) in [5.74, 6) is -0.179. The molecule has 5 heteroatoms. The zero-order valence-electron chi connectivity index (χ0n) is 15.4. The Morgan fingerprint density at radius 2 is 1.79 bits per heavy atom. The van der Waals surface area contributed by atoms with Crippen molar-refractivity contribution in [3.8, 4) is 0 Å². The van der Waals surface area contributed by atoms with Gasteiger partial charge < -0.3 is 9.47 Å². The van der Waals surface area contributed by atoms with E-state index in [0.717, 1.165) is 12.8 Å². The highest BCUT2D eigenvalue weighted by atomic mass is 79.9. The molecule has 7 atom stereocenters. The molecule has 0 radical (unpaired) electrons. The lowest BCUT2D eigenvalue weighted by molar-refractivity contribution is -0.199. The van der Waals surface area contributed by atoms with Crippen LogP contribution in [-0.4, -0.2) is 34.4 Å². The third kappa shape index (κ3) is 1.56. The normalized spacial score (nSPS) is 55.7. The van der Waals surface area contributed by atoms with Gasteiger partial charge in [-0.15, -0.1) is 0 Å². The van der Waals surface area contributed by atoms with Crippen molar-refractivity contribution >= 4 is 27.7 Å². The Hall–Kier alpha value is -0.420. The molecule has 0 bridgehead atoms. The van der Waals surface area contributed by atoms with E-state index >= 15 is 0 Å². The predicted octanol–water partition coefficient (Wildman–Crippen LogP) is 3.50. The van der Waals surface area contributed by atoms with E-state index in [9.17, 15) is 9.59 Å². The first-order valence-corrected chi connectivity index (χ1v) is 10.0. The fourth-order valence-corrected chi connectivity index (χ4v) is 7.07. The molecule has 4 fully saturated rings. The van der Waals surface area contributed by atoms with E-state index < -0.39 is 28.1 Å². The lowest BCUT2D eigenvalue weighted by atomic mass is 9.62. The average molecular weight is 399 g/mol.